The topological polar surface area (TPSA) is 75.9 Å². The standard InChI is InChI=1S/C12H15N3O2/c1-5-17-11(16)12(4,7-13)10-9(3)14-6-8(2)15-10/h6H,5H2,1-4H3. The molecule has 1 rings (SSSR count). The van der Waals surface area contributed by atoms with E-state index in [4.69, 9.17) is 4.74 Å². The summed E-state index contributed by atoms with van der Waals surface area (Å²) in [7, 11) is 0. The highest BCUT2D eigenvalue weighted by molar-refractivity contribution is 5.85. The van der Waals surface area contributed by atoms with E-state index in [1.807, 2.05) is 6.07 Å². The van der Waals surface area contributed by atoms with E-state index in [2.05, 4.69) is 9.97 Å². The van der Waals surface area contributed by atoms with Crippen molar-refractivity contribution in [2.75, 3.05) is 6.61 Å². The first kappa shape index (κ1) is 13.1. The van der Waals surface area contributed by atoms with E-state index < -0.39 is 11.4 Å². The van der Waals surface area contributed by atoms with Gasteiger partial charge in [-0.05, 0) is 27.7 Å². The van der Waals surface area contributed by atoms with Crippen molar-refractivity contribution >= 4 is 5.97 Å². The summed E-state index contributed by atoms with van der Waals surface area (Å²) < 4.78 is 4.92. The van der Waals surface area contributed by atoms with Crippen molar-refractivity contribution < 1.29 is 9.53 Å². The zero-order valence-corrected chi connectivity index (χ0v) is 10.4. The summed E-state index contributed by atoms with van der Waals surface area (Å²) in [6, 6.07) is 1.97. The van der Waals surface area contributed by atoms with Gasteiger partial charge in [0.15, 0.2) is 5.41 Å². The minimum atomic E-state index is -1.40. The van der Waals surface area contributed by atoms with Crippen LogP contribution in [0, 0.1) is 25.2 Å². The molecule has 0 aliphatic carbocycles. The summed E-state index contributed by atoms with van der Waals surface area (Å²) in [5.74, 6) is -0.592. The number of carbonyl (C=O) groups excluding carboxylic acids is 1. The minimum Gasteiger partial charge on any atom is -0.465 e. The van der Waals surface area contributed by atoms with Gasteiger partial charge in [0.25, 0.3) is 0 Å². The van der Waals surface area contributed by atoms with Gasteiger partial charge in [-0.15, -0.1) is 0 Å². The predicted octanol–water partition coefficient (Wildman–Crippen LogP) is 1.44. The highest BCUT2D eigenvalue weighted by Gasteiger charge is 2.40. The van der Waals surface area contributed by atoms with Gasteiger partial charge in [-0.3, -0.25) is 9.97 Å². The lowest BCUT2D eigenvalue weighted by Crippen LogP contribution is -2.35. The van der Waals surface area contributed by atoms with Crippen LogP contribution < -0.4 is 0 Å². The van der Waals surface area contributed by atoms with E-state index >= 15 is 0 Å². The molecule has 0 aromatic carbocycles. The monoisotopic (exact) mass is 233 g/mol. The number of aryl methyl sites for hydroxylation is 2. The summed E-state index contributed by atoms with van der Waals surface area (Å²) in [5.41, 5.74) is 0.182. The molecule has 1 aromatic rings. The molecule has 1 aromatic heterocycles. The number of hydrogen-bond acceptors (Lipinski definition) is 5. The van der Waals surface area contributed by atoms with Crippen LogP contribution in [0.25, 0.3) is 0 Å². The number of aromatic nitrogens is 2. The Morgan fingerprint density at radius 2 is 2.24 bits per heavy atom. The second-order valence-electron chi connectivity index (χ2n) is 3.90. The summed E-state index contributed by atoms with van der Waals surface area (Å²) in [6.07, 6.45) is 1.60. The Bertz CT molecular complexity index is 479. The molecule has 0 fully saturated rings. The van der Waals surface area contributed by atoms with Crippen molar-refractivity contribution in [1.29, 1.82) is 5.26 Å². The van der Waals surface area contributed by atoms with Crippen molar-refractivity contribution in [3.63, 3.8) is 0 Å². The van der Waals surface area contributed by atoms with E-state index in [0.29, 0.717) is 17.1 Å². The molecule has 5 nitrogen and oxygen atoms in total. The zero-order chi connectivity index (χ0) is 13.1. The van der Waals surface area contributed by atoms with Crippen molar-refractivity contribution in [2.45, 2.75) is 33.1 Å². The molecule has 1 heterocycles. The van der Waals surface area contributed by atoms with E-state index in [-0.39, 0.29) is 6.61 Å². The van der Waals surface area contributed by atoms with Gasteiger partial charge in [0.2, 0.25) is 0 Å². The molecular formula is C12H15N3O2. The maximum absolute atomic E-state index is 11.8. The largest absolute Gasteiger partial charge is 0.465 e. The number of rotatable bonds is 3. The van der Waals surface area contributed by atoms with Crippen molar-refractivity contribution in [3.8, 4) is 6.07 Å². The number of nitrogens with zero attached hydrogens (tertiary/aromatic N) is 3. The van der Waals surface area contributed by atoms with E-state index in [9.17, 15) is 10.1 Å². The van der Waals surface area contributed by atoms with Crippen molar-refractivity contribution in [3.05, 3.63) is 23.3 Å². The lowest BCUT2D eigenvalue weighted by Gasteiger charge is -2.20. The summed E-state index contributed by atoms with van der Waals surface area (Å²) in [6.45, 7) is 6.91. The van der Waals surface area contributed by atoms with Crippen LogP contribution in [0.15, 0.2) is 6.20 Å². The van der Waals surface area contributed by atoms with Gasteiger partial charge in [0, 0.05) is 6.20 Å². The molecule has 1 atom stereocenters. The number of carbonyl (C=O) groups is 1. The van der Waals surface area contributed by atoms with E-state index in [1.54, 1.807) is 27.0 Å². The van der Waals surface area contributed by atoms with Crippen molar-refractivity contribution in [2.24, 2.45) is 0 Å². The van der Waals surface area contributed by atoms with Gasteiger partial charge in [-0.2, -0.15) is 5.26 Å². The lowest BCUT2D eigenvalue weighted by atomic mass is 9.87. The molecule has 0 saturated carbocycles. The van der Waals surface area contributed by atoms with Crippen LogP contribution in [0.5, 0.6) is 0 Å². The molecule has 0 aliphatic heterocycles. The first-order valence-corrected chi connectivity index (χ1v) is 5.35. The fourth-order valence-corrected chi connectivity index (χ4v) is 1.48. The normalized spacial score (nSPS) is 13.6. The van der Waals surface area contributed by atoms with E-state index in [1.165, 1.54) is 6.92 Å². The molecule has 0 spiro atoms. The molecular weight excluding hydrogens is 218 g/mol. The fourth-order valence-electron chi connectivity index (χ4n) is 1.48. The van der Waals surface area contributed by atoms with Gasteiger partial charge in [0.1, 0.15) is 0 Å². The van der Waals surface area contributed by atoms with Gasteiger partial charge in [0.05, 0.1) is 29.8 Å². The quantitative estimate of drug-likeness (QED) is 0.738. The summed E-state index contributed by atoms with van der Waals surface area (Å²) in [5, 5.41) is 9.23. The minimum absolute atomic E-state index is 0.231. The third kappa shape index (κ3) is 2.41. The number of ether oxygens (including phenoxy) is 1. The number of esters is 1. The van der Waals surface area contributed by atoms with Crippen LogP contribution in [0.4, 0.5) is 0 Å². The molecule has 0 aliphatic rings. The van der Waals surface area contributed by atoms with Crippen LogP contribution in [0.3, 0.4) is 0 Å². The molecule has 1 unspecified atom stereocenters. The molecule has 17 heavy (non-hydrogen) atoms. The van der Waals surface area contributed by atoms with Crippen LogP contribution in [0.1, 0.15) is 30.9 Å². The van der Waals surface area contributed by atoms with Crippen LogP contribution >= 0.6 is 0 Å². The first-order valence-electron chi connectivity index (χ1n) is 5.35. The van der Waals surface area contributed by atoms with Crippen LogP contribution in [0.2, 0.25) is 0 Å². The van der Waals surface area contributed by atoms with Crippen molar-refractivity contribution in [1.82, 2.24) is 9.97 Å². The summed E-state index contributed by atoms with van der Waals surface area (Å²) >= 11 is 0. The Balaban J connectivity index is 3.31. The summed E-state index contributed by atoms with van der Waals surface area (Å²) in [4.78, 5) is 20.2. The highest BCUT2D eigenvalue weighted by Crippen LogP contribution is 2.25. The second-order valence-corrected chi connectivity index (χ2v) is 3.90. The average Bonchev–Trinajstić information content (AvgIpc) is 2.31. The first-order chi connectivity index (χ1) is 7.95. The van der Waals surface area contributed by atoms with Crippen LogP contribution in [-0.2, 0) is 14.9 Å². The van der Waals surface area contributed by atoms with Gasteiger partial charge < -0.3 is 4.74 Å². The number of nitriles is 1. The maximum atomic E-state index is 11.8. The molecule has 0 saturated heterocycles. The smallest absolute Gasteiger partial charge is 0.332 e. The third-order valence-corrected chi connectivity index (χ3v) is 2.46. The van der Waals surface area contributed by atoms with Gasteiger partial charge in [-0.1, -0.05) is 0 Å². The lowest BCUT2D eigenvalue weighted by molar-refractivity contribution is -0.147. The molecule has 5 heteroatoms. The number of hydrogen-bond donors (Lipinski definition) is 0. The molecule has 0 amide bonds. The fraction of sp³-hybridized carbons (Fsp3) is 0.500. The van der Waals surface area contributed by atoms with Gasteiger partial charge >= 0.3 is 5.97 Å². The van der Waals surface area contributed by atoms with E-state index in [0.717, 1.165) is 0 Å². The predicted molar refractivity (Wildman–Crippen MR) is 61.1 cm³/mol. The Morgan fingerprint density at radius 1 is 1.59 bits per heavy atom. The molecule has 0 radical (unpaired) electrons. The average molecular weight is 233 g/mol. The second kappa shape index (κ2) is 4.91. The Morgan fingerprint density at radius 3 is 2.76 bits per heavy atom. The van der Waals surface area contributed by atoms with Crippen LogP contribution in [-0.4, -0.2) is 22.5 Å². The Labute approximate surface area is 100 Å². The highest BCUT2D eigenvalue weighted by atomic mass is 16.5. The van der Waals surface area contributed by atoms with Gasteiger partial charge in [-0.25, -0.2) is 4.79 Å². The third-order valence-electron chi connectivity index (χ3n) is 2.46. The Kier molecular flexibility index (Phi) is 3.79. The Hall–Kier alpha value is -1.96. The zero-order valence-electron chi connectivity index (χ0n) is 10.4. The molecule has 90 valence electrons. The molecule has 0 bridgehead atoms. The SMILES string of the molecule is CCOC(=O)C(C)(C#N)c1nc(C)cnc1C. The molecule has 0 N–H and O–H groups in total. The maximum Gasteiger partial charge on any atom is 0.332 e.